The number of anilines is 1. The van der Waals surface area contributed by atoms with Crippen LogP contribution >= 0.6 is 11.8 Å². The van der Waals surface area contributed by atoms with Gasteiger partial charge < -0.3 is 10.5 Å². The first kappa shape index (κ1) is 10.8. The van der Waals surface area contributed by atoms with Crippen LogP contribution in [0.5, 0.6) is 0 Å². The monoisotopic (exact) mass is 223 g/mol. The minimum absolute atomic E-state index is 0.766. The molecule has 2 nitrogen and oxygen atoms in total. The van der Waals surface area contributed by atoms with Gasteiger partial charge in [-0.2, -0.15) is 0 Å². The number of para-hydroxylation sites is 1. The first-order chi connectivity index (χ1) is 7.36. The smallest absolute Gasteiger partial charge is 0.0495 e. The van der Waals surface area contributed by atoms with Gasteiger partial charge in [0.15, 0.2) is 0 Å². The van der Waals surface area contributed by atoms with Crippen LogP contribution in [0.3, 0.4) is 0 Å². The zero-order chi connectivity index (χ0) is 10.5. The number of thioether (sulfide) groups is 1. The molecule has 0 amide bonds. The van der Waals surface area contributed by atoms with Crippen LogP contribution < -0.4 is 5.73 Å². The molecule has 0 unspecified atom stereocenters. The van der Waals surface area contributed by atoms with Crippen molar-refractivity contribution < 1.29 is 4.74 Å². The summed E-state index contributed by atoms with van der Waals surface area (Å²) in [5, 5.41) is 0. The summed E-state index contributed by atoms with van der Waals surface area (Å²) in [5.41, 5.74) is 6.76. The van der Waals surface area contributed by atoms with Crippen LogP contribution in [0.25, 0.3) is 0 Å². The molecule has 1 aromatic rings. The number of benzene rings is 1. The van der Waals surface area contributed by atoms with E-state index in [-0.39, 0.29) is 0 Å². The van der Waals surface area contributed by atoms with E-state index in [0.717, 1.165) is 30.6 Å². The SMILES string of the molecule is Nc1ccccc1SCC[C@H]1CCOC1. The maximum Gasteiger partial charge on any atom is 0.0495 e. The molecule has 3 heteroatoms. The van der Waals surface area contributed by atoms with Crippen molar-refractivity contribution in [2.75, 3.05) is 24.7 Å². The number of hydrogen-bond donors (Lipinski definition) is 1. The third kappa shape index (κ3) is 3.14. The van der Waals surface area contributed by atoms with Crippen molar-refractivity contribution in [2.45, 2.75) is 17.7 Å². The van der Waals surface area contributed by atoms with E-state index in [1.807, 2.05) is 30.0 Å². The molecule has 0 bridgehead atoms. The number of hydrogen-bond acceptors (Lipinski definition) is 3. The van der Waals surface area contributed by atoms with Crippen LogP contribution in [0.1, 0.15) is 12.8 Å². The lowest BCUT2D eigenvalue weighted by atomic mass is 10.1. The molecule has 0 aliphatic carbocycles. The lowest BCUT2D eigenvalue weighted by Gasteiger charge is -2.08. The molecule has 1 saturated heterocycles. The molecule has 0 aromatic heterocycles. The highest BCUT2D eigenvalue weighted by Crippen LogP contribution is 2.27. The molecule has 0 radical (unpaired) electrons. The van der Waals surface area contributed by atoms with Gasteiger partial charge in [-0.15, -0.1) is 11.8 Å². The lowest BCUT2D eigenvalue weighted by Crippen LogP contribution is -2.00. The molecule has 15 heavy (non-hydrogen) atoms. The first-order valence-corrected chi connectivity index (χ1v) is 6.40. The Hall–Kier alpha value is -0.670. The van der Waals surface area contributed by atoms with Crippen molar-refractivity contribution in [1.29, 1.82) is 0 Å². The predicted molar refractivity (Wildman–Crippen MR) is 65.1 cm³/mol. The molecule has 2 N–H and O–H groups in total. The minimum atomic E-state index is 0.766. The van der Waals surface area contributed by atoms with E-state index in [2.05, 4.69) is 6.07 Å². The Morgan fingerprint density at radius 2 is 2.27 bits per heavy atom. The molecule has 0 saturated carbocycles. The van der Waals surface area contributed by atoms with Gasteiger partial charge in [0.25, 0.3) is 0 Å². The molecular formula is C12H17NOS. The summed E-state index contributed by atoms with van der Waals surface area (Å²) < 4.78 is 5.35. The normalized spacial score (nSPS) is 20.7. The van der Waals surface area contributed by atoms with E-state index in [1.54, 1.807) is 0 Å². The Labute approximate surface area is 95.2 Å². The van der Waals surface area contributed by atoms with Crippen molar-refractivity contribution >= 4 is 17.4 Å². The van der Waals surface area contributed by atoms with Gasteiger partial charge in [0.1, 0.15) is 0 Å². The van der Waals surface area contributed by atoms with Crippen LogP contribution in [0.2, 0.25) is 0 Å². The van der Waals surface area contributed by atoms with Gasteiger partial charge in [-0.1, -0.05) is 12.1 Å². The molecule has 82 valence electrons. The summed E-state index contributed by atoms with van der Waals surface area (Å²) in [7, 11) is 0. The third-order valence-electron chi connectivity index (χ3n) is 2.73. The van der Waals surface area contributed by atoms with Crippen molar-refractivity contribution in [2.24, 2.45) is 5.92 Å². The zero-order valence-electron chi connectivity index (χ0n) is 8.82. The summed E-state index contributed by atoms with van der Waals surface area (Å²) in [5.74, 6) is 1.91. The Bertz CT molecular complexity index is 310. The highest BCUT2D eigenvalue weighted by atomic mass is 32.2. The quantitative estimate of drug-likeness (QED) is 0.629. The van der Waals surface area contributed by atoms with E-state index in [4.69, 9.17) is 10.5 Å². The molecule has 1 atom stereocenters. The minimum Gasteiger partial charge on any atom is -0.398 e. The predicted octanol–water partition coefficient (Wildman–Crippen LogP) is 2.79. The Morgan fingerprint density at radius 1 is 1.40 bits per heavy atom. The van der Waals surface area contributed by atoms with Gasteiger partial charge in [-0.05, 0) is 36.6 Å². The molecule has 2 rings (SSSR count). The van der Waals surface area contributed by atoms with Crippen LogP contribution in [-0.4, -0.2) is 19.0 Å². The second-order valence-electron chi connectivity index (χ2n) is 3.90. The van der Waals surface area contributed by atoms with E-state index >= 15 is 0 Å². The van der Waals surface area contributed by atoms with E-state index < -0.39 is 0 Å². The van der Waals surface area contributed by atoms with Crippen molar-refractivity contribution in [3.63, 3.8) is 0 Å². The molecule has 1 fully saturated rings. The summed E-state index contributed by atoms with van der Waals surface area (Å²) in [6.07, 6.45) is 2.46. The van der Waals surface area contributed by atoms with Gasteiger partial charge >= 0.3 is 0 Å². The van der Waals surface area contributed by atoms with Crippen molar-refractivity contribution in [3.05, 3.63) is 24.3 Å². The number of nitrogens with two attached hydrogens (primary N) is 1. The molecule has 0 spiro atoms. The fraction of sp³-hybridized carbons (Fsp3) is 0.500. The Balaban J connectivity index is 1.75. The molecule has 1 heterocycles. The Morgan fingerprint density at radius 3 is 3.00 bits per heavy atom. The van der Waals surface area contributed by atoms with Gasteiger partial charge in [-0.25, -0.2) is 0 Å². The second-order valence-corrected chi connectivity index (χ2v) is 5.04. The first-order valence-electron chi connectivity index (χ1n) is 5.41. The van der Waals surface area contributed by atoms with Crippen LogP contribution in [0.15, 0.2) is 29.2 Å². The molecule has 1 aromatic carbocycles. The average molecular weight is 223 g/mol. The third-order valence-corrected chi connectivity index (χ3v) is 3.85. The summed E-state index contributed by atoms with van der Waals surface area (Å²) in [6, 6.07) is 8.06. The van der Waals surface area contributed by atoms with E-state index in [9.17, 15) is 0 Å². The molecule has 1 aliphatic heterocycles. The highest BCUT2D eigenvalue weighted by molar-refractivity contribution is 7.99. The number of rotatable bonds is 4. The maximum absolute atomic E-state index is 5.87. The second kappa shape index (κ2) is 5.42. The van der Waals surface area contributed by atoms with Crippen LogP contribution in [0, 0.1) is 5.92 Å². The summed E-state index contributed by atoms with van der Waals surface area (Å²) in [4.78, 5) is 1.21. The Kier molecular flexibility index (Phi) is 3.92. The van der Waals surface area contributed by atoms with Gasteiger partial charge in [0.2, 0.25) is 0 Å². The fourth-order valence-corrected chi connectivity index (χ4v) is 2.84. The number of nitrogen functional groups attached to an aromatic ring is 1. The molecule has 1 aliphatic rings. The van der Waals surface area contributed by atoms with Gasteiger partial charge in [0.05, 0.1) is 0 Å². The highest BCUT2D eigenvalue weighted by Gasteiger charge is 2.15. The molecular weight excluding hydrogens is 206 g/mol. The summed E-state index contributed by atoms with van der Waals surface area (Å²) >= 11 is 1.85. The fourth-order valence-electron chi connectivity index (χ4n) is 1.76. The van der Waals surface area contributed by atoms with Gasteiger partial charge in [0, 0.05) is 23.8 Å². The standard InChI is InChI=1S/C12H17NOS/c13-11-3-1-2-4-12(11)15-8-6-10-5-7-14-9-10/h1-4,10H,5-9,13H2/t10-/m1/s1. The van der Waals surface area contributed by atoms with Crippen molar-refractivity contribution in [1.82, 2.24) is 0 Å². The van der Waals surface area contributed by atoms with Crippen LogP contribution in [0.4, 0.5) is 5.69 Å². The maximum atomic E-state index is 5.87. The summed E-state index contributed by atoms with van der Waals surface area (Å²) in [6.45, 7) is 1.90. The van der Waals surface area contributed by atoms with Gasteiger partial charge in [-0.3, -0.25) is 0 Å². The zero-order valence-corrected chi connectivity index (χ0v) is 9.63. The van der Waals surface area contributed by atoms with E-state index in [1.165, 1.54) is 17.7 Å². The van der Waals surface area contributed by atoms with Crippen LogP contribution in [-0.2, 0) is 4.74 Å². The average Bonchev–Trinajstić information content (AvgIpc) is 2.74. The van der Waals surface area contributed by atoms with E-state index in [0.29, 0.717) is 0 Å². The lowest BCUT2D eigenvalue weighted by molar-refractivity contribution is 0.185. The topological polar surface area (TPSA) is 35.2 Å². The number of ether oxygens (including phenoxy) is 1. The largest absolute Gasteiger partial charge is 0.398 e. The van der Waals surface area contributed by atoms with Crippen molar-refractivity contribution in [3.8, 4) is 0 Å².